The molecule has 0 aliphatic rings. The number of carbonyl (C=O) groups excluding carboxylic acids is 3. The zero-order valence-electron chi connectivity index (χ0n) is 5.92. The van der Waals surface area contributed by atoms with Crippen LogP contribution in [-0.2, 0) is 19.1 Å². The van der Waals surface area contributed by atoms with Crippen LogP contribution in [0.25, 0.3) is 0 Å². The second-order valence-corrected chi connectivity index (χ2v) is 1.44. The average Bonchev–Trinajstić information content (AvgIpc) is 2.00. The lowest BCUT2D eigenvalue weighted by atomic mass is 10.6. The monoisotopic (exact) mass is 160 g/mol. The number of esters is 1. The molecule has 0 saturated heterocycles. The lowest BCUT2D eigenvalue weighted by molar-refractivity contribution is -0.155. The fourth-order valence-electron chi connectivity index (χ4n) is 0.343. The fourth-order valence-corrected chi connectivity index (χ4v) is 0.343. The molecule has 0 fully saturated rings. The first-order valence-corrected chi connectivity index (χ1v) is 2.88. The molecule has 62 valence electrons. The molecule has 6 nitrogen and oxygen atoms in total. The van der Waals surface area contributed by atoms with E-state index in [4.69, 9.17) is 0 Å². The van der Waals surface area contributed by atoms with E-state index in [0.29, 0.717) is 0 Å². The van der Waals surface area contributed by atoms with Crippen molar-refractivity contribution in [1.29, 1.82) is 0 Å². The second-order valence-electron chi connectivity index (χ2n) is 1.44. The smallest absolute Gasteiger partial charge is 0.398 e. The van der Waals surface area contributed by atoms with E-state index in [0.717, 1.165) is 0 Å². The highest BCUT2D eigenvalue weighted by Crippen LogP contribution is 1.75. The molecule has 0 saturated carbocycles. The van der Waals surface area contributed by atoms with Gasteiger partial charge in [-0.1, -0.05) is 0 Å². The van der Waals surface area contributed by atoms with E-state index in [9.17, 15) is 14.4 Å². The predicted octanol–water partition coefficient (Wildman–Crippen LogP) is -1.67. The van der Waals surface area contributed by atoms with Gasteiger partial charge in [0.2, 0.25) is 6.41 Å². The van der Waals surface area contributed by atoms with Gasteiger partial charge in [-0.15, -0.1) is 0 Å². The number of hydrazine groups is 1. The third-order valence-electron chi connectivity index (χ3n) is 0.705. The van der Waals surface area contributed by atoms with E-state index in [-0.39, 0.29) is 13.0 Å². The lowest BCUT2D eigenvalue weighted by Crippen LogP contribution is -2.41. The molecule has 0 aromatic heterocycles. The third-order valence-corrected chi connectivity index (χ3v) is 0.705. The summed E-state index contributed by atoms with van der Waals surface area (Å²) >= 11 is 0. The quantitative estimate of drug-likeness (QED) is 0.224. The summed E-state index contributed by atoms with van der Waals surface area (Å²) in [6.07, 6.45) is 0.233. The standard InChI is InChI=1S/C5H8N2O4/c1-2-11-5(10)4(9)7-6-3-8/h3H,2H2,1H3,(H,6,8)(H,7,9). The van der Waals surface area contributed by atoms with Gasteiger partial charge < -0.3 is 4.74 Å². The van der Waals surface area contributed by atoms with Gasteiger partial charge in [0, 0.05) is 0 Å². The number of carbonyl (C=O) groups is 3. The van der Waals surface area contributed by atoms with Crippen LogP contribution in [0.2, 0.25) is 0 Å². The van der Waals surface area contributed by atoms with Crippen molar-refractivity contribution in [3.8, 4) is 0 Å². The minimum absolute atomic E-state index is 0.118. The number of ether oxygens (including phenoxy) is 1. The maximum absolute atomic E-state index is 10.5. The number of amides is 2. The maximum atomic E-state index is 10.5. The molecule has 2 amide bonds. The van der Waals surface area contributed by atoms with Gasteiger partial charge in [-0.2, -0.15) is 0 Å². The Kier molecular flexibility index (Phi) is 4.46. The first-order chi connectivity index (χ1) is 5.22. The summed E-state index contributed by atoms with van der Waals surface area (Å²) in [6, 6.07) is 0. The summed E-state index contributed by atoms with van der Waals surface area (Å²) in [6.45, 7) is 1.69. The molecule has 0 aromatic rings. The van der Waals surface area contributed by atoms with Crippen molar-refractivity contribution in [2.75, 3.05) is 6.61 Å². The Morgan fingerprint density at radius 3 is 2.64 bits per heavy atom. The normalized spacial score (nSPS) is 8.09. The second kappa shape index (κ2) is 5.21. The van der Waals surface area contributed by atoms with Gasteiger partial charge in [-0.3, -0.25) is 20.4 Å². The highest BCUT2D eigenvalue weighted by molar-refractivity contribution is 6.32. The van der Waals surface area contributed by atoms with Crippen molar-refractivity contribution in [1.82, 2.24) is 10.9 Å². The van der Waals surface area contributed by atoms with Gasteiger partial charge in [0.1, 0.15) is 0 Å². The molecular formula is C5H8N2O4. The lowest BCUT2D eigenvalue weighted by Gasteiger charge is -2.00. The molecule has 0 aliphatic heterocycles. The minimum Gasteiger partial charge on any atom is -0.459 e. The van der Waals surface area contributed by atoms with E-state index < -0.39 is 11.9 Å². The van der Waals surface area contributed by atoms with Crippen LogP contribution in [0, 0.1) is 0 Å². The van der Waals surface area contributed by atoms with Crippen LogP contribution in [0.3, 0.4) is 0 Å². The molecule has 0 spiro atoms. The van der Waals surface area contributed by atoms with Crippen molar-refractivity contribution in [3.05, 3.63) is 0 Å². The van der Waals surface area contributed by atoms with Gasteiger partial charge in [-0.25, -0.2) is 4.79 Å². The van der Waals surface area contributed by atoms with Crippen molar-refractivity contribution in [2.24, 2.45) is 0 Å². The van der Waals surface area contributed by atoms with E-state index in [2.05, 4.69) is 4.74 Å². The number of rotatable bonds is 3. The molecule has 0 atom stereocenters. The summed E-state index contributed by atoms with van der Waals surface area (Å²) in [5, 5.41) is 0. The van der Waals surface area contributed by atoms with E-state index in [1.807, 2.05) is 0 Å². The van der Waals surface area contributed by atoms with Crippen molar-refractivity contribution in [2.45, 2.75) is 6.92 Å². The van der Waals surface area contributed by atoms with Gasteiger partial charge in [0.05, 0.1) is 6.61 Å². The first kappa shape index (κ1) is 9.41. The molecule has 11 heavy (non-hydrogen) atoms. The van der Waals surface area contributed by atoms with Crippen LogP contribution in [0.5, 0.6) is 0 Å². The highest BCUT2D eigenvalue weighted by Gasteiger charge is 2.12. The Morgan fingerprint density at radius 1 is 1.55 bits per heavy atom. The Labute approximate surface area is 62.9 Å². The van der Waals surface area contributed by atoms with Crippen molar-refractivity contribution < 1.29 is 19.1 Å². The zero-order valence-corrected chi connectivity index (χ0v) is 5.92. The van der Waals surface area contributed by atoms with Crippen LogP contribution in [0.4, 0.5) is 0 Å². The molecule has 6 heteroatoms. The van der Waals surface area contributed by atoms with Crippen LogP contribution in [-0.4, -0.2) is 24.9 Å². The van der Waals surface area contributed by atoms with E-state index in [1.165, 1.54) is 0 Å². The van der Waals surface area contributed by atoms with E-state index in [1.54, 1.807) is 17.8 Å². The Hall–Kier alpha value is -1.59. The largest absolute Gasteiger partial charge is 0.459 e. The summed E-state index contributed by atoms with van der Waals surface area (Å²) in [7, 11) is 0. The van der Waals surface area contributed by atoms with Crippen LogP contribution in [0.1, 0.15) is 6.92 Å². The SMILES string of the molecule is CCOC(=O)C(=O)NNC=O. The first-order valence-electron chi connectivity index (χ1n) is 2.88. The Morgan fingerprint density at radius 2 is 2.18 bits per heavy atom. The van der Waals surface area contributed by atoms with Crippen LogP contribution in [0.15, 0.2) is 0 Å². The van der Waals surface area contributed by atoms with E-state index >= 15 is 0 Å². The fraction of sp³-hybridized carbons (Fsp3) is 0.400. The zero-order chi connectivity index (χ0) is 8.69. The molecule has 0 radical (unpaired) electrons. The maximum Gasteiger partial charge on any atom is 0.398 e. The average molecular weight is 160 g/mol. The molecular weight excluding hydrogens is 152 g/mol. The molecule has 2 N–H and O–H groups in total. The molecule has 0 aliphatic carbocycles. The number of hydrogen-bond acceptors (Lipinski definition) is 4. The van der Waals surface area contributed by atoms with Crippen LogP contribution < -0.4 is 10.9 Å². The summed E-state index contributed by atoms with van der Waals surface area (Å²) in [5.74, 6) is -2.03. The van der Waals surface area contributed by atoms with Gasteiger partial charge >= 0.3 is 11.9 Å². The third kappa shape index (κ3) is 3.90. The van der Waals surface area contributed by atoms with Crippen LogP contribution >= 0.6 is 0 Å². The minimum atomic E-state index is -1.03. The molecule has 0 unspecified atom stereocenters. The molecule has 0 aromatic carbocycles. The van der Waals surface area contributed by atoms with Gasteiger partial charge in [0.25, 0.3) is 0 Å². The summed E-state index contributed by atoms with van der Waals surface area (Å²) in [5.41, 5.74) is 3.59. The van der Waals surface area contributed by atoms with Crippen molar-refractivity contribution >= 4 is 18.3 Å². The summed E-state index contributed by atoms with van der Waals surface area (Å²) < 4.78 is 4.29. The Balaban J connectivity index is 3.64. The molecule has 0 rings (SSSR count). The number of nitrogens with one attached hydrogen (secondary N) is 2. The van der Waals surface area contributed by atoms with Gasteiger partial charge in [-0.05, 0) is 6.92 Å². The molecule has 0 bridgehead atoms. The Bertz CT molecular complexity index is 168. The van der Waals surface area contributed by atoms with Gasteiger partial charge in [0.15, 0.2) is 0 Å². The van der Waals surface area contributed by atoms with Crippen molar-refractivity contribution in [3.63, 3.8) is 0 Å². The number of hydrogen-bond donors (Lipinski definition) is 2. The summed E-state index contributed by atoms with van der Waals surface area (Å²) in [4.78, 5) is 30.6. The molecule has 0 heterocycles. The topological polar surface area (TPSA) is 84.5 Å². The highest BCUT2D eigenvalue weighted by atomic mass is 16.5. The predicted molar refractivity (Wildman–Crippen MR) is 34.0 cm³/mol.